The average molecular weight is 170 g/mol. The molecule has 0 aliphatic heterocycles. The Morgan fingerprint density at radius 3 is 2.62 bits per heavy atom. The summed E-state index contributed by atoms with van der Waals surface area (Å²) in [5.41, 5.74) is 0.638. The van der Waals surface area contributed by atoms with Crippen LogP contribution in [0.2, 0.25) is 0 Å². The van der Waals surface area contributed by atoms with Crippen molar-refractivity contribution in [2.75, 3.05) is 0 Å². The zero-order valence-corrected chi connectivity index (χ0v) is 7.45. The summed E-state index contributed by atoms with van der Waals surface area (Å²) in [6, 6.07) is 9.03. The van der Waals surface area contributed by atoms with Crippen molar-refractivity contribution in [1.82, 2.24) is 0 Å². The van der Waals surface area contributed by atoms with E-state index in [2.05, 4.69) is 11.8 Å². The third-order valence-electron chi connectivity index (χ3n) is 1.47. The fourth-order valence-electron chi connectivity index (χ4n) is 0.852. The van der Waals surface area contributed by atoms with Crippen LogP contribution in [0.15, 0.2) is 42.5 Å². The lowest BCUT2D eigenvalue weighted by molar-refractivity contribution is 0.105. The Kier molecular flexibility index (Phi) is 3.53. The van der Waals surface area contributed by atoms with Gasteiger partial charge in [0.2, 0.25) is 5.78 Å². The summed E-state index contributed by atoms with van der Waals surface area (Å²) in [7, 11) is 0. The van der Waals surface area contributed by atoms with Gasteiger partial charge in [-0.1, -0.05) is 42.3 Å². The lowest BCUT2D eigenvalue weighted by atomic mass is 10.1. The highest BCUT2D eigenvalue weighted by Crippen LogP contribution is 1.98. The van der Waals surface area contributed by atoms with Crippen LogP contribution in [-0.4, -0.2) is 5.78 Å². The number of ketones is 1. The Morgan fingerprint density at radius 2 is 2.00 bits per heavy atom. The molecule has 0 spiro atoms. The fourth-order valence-corrected chi connectivity index (χ4v) is 0.852. The minimum Gasteiger partial charge on any atom is -0.279 e. The van der Waals surface area contributed by atoms with Gasteiger partial charge in [-0.15, -0.1) is 0 Å². The van der Waals surface area contributed by atoms with Crippen LogP contribution in [0.3, 0.4) is 0 Å². The molecule has 0 saturated carbocycles. The maximum absolute atomic E-state index is 11.3. The zero-order chi connectivity index (χ0) is 9.52. The molecule has 0 saturated heterocycles. The van der Waals surface area contributed by atoms with Crippen molar-refractivity contribution in [3.63, 3.8) is 0 Å². The zero-order valence-electron chi connectivity index (χ0n) is 7.45. The van der Waals surface area contributed by atoms with Crippen LogP contribution in [0.1, 0.15) is 17.3 Å². The van der Waals surface area contributed by atoms with Gasteiger partial charge in [0.05, 0.1) is 0 Å². The lowest BCUT2D eigenvalue weighted by Crippen LogP contribution is -1.92. The highest BCUT2D eigenvalue weighted by Gasteiger charge is 1.97. The normalized spacial score (nSPS) is 9.31. The van der Waals surface area contributed by atoms with Crippen molar-refractivity contribution in [1.29, 1.82) is 0 Å². The molecule has 0 amide bonds. The van der Waals surface area contributed by atoms with Crippen molar-refractivity contribution < 1.29 is 4.79 Å². The molecule has 0 heterocycles. The molecule has 0 aliphatic rings. The van der Waals surface area contributed by atoms with Crippen LogP contribution >= 0.6 is 0 Å². The van der Waals surface area contributed by atoms with Gasteiger partial charge in [0, 0.05) is 5.56 Å². The number of hydrogen-bond acceptors (Lipinski definition) is 1. The van der Waals surface area contributed by atoms with Gasteiger partial charge >= 0.3 is 0 Å². The van der Waals surface area contributed by atoms with E-state index in [0.717, 1.165) is 0 Å². The molecule has 1 rings (SSSR count). The molecule has 1 aromatic rings. The summed E-state index contributed by atoms with van der Waals surface area (Å²) < 4.78 is 0. The van der Waals surface area contributed by atoms with E-state index >= 15 is 0 Å². The van der Waals surface area contributed by atoms with Gasteiger partial charge in [-0.05, 0) is 18.9 Å². The third-order valence-corrected chi connectivity index (χ3v) is 1.47. The predicted octanol–water partition coefficient (Wildman–Crippen LogP) is 2.45. The van der Waals surface area contributed by atoms with E-state index in [1.807, 2.05) is 25.1 Å². The second-order valence-electron chi connectivity index (χ2n) is 2.46. The van der Waals surface area contributed by atoms with Gasteiger partial charge < -0.3 is 0 Å². The molecule has 1 heteroatoms. The van der Waals surface area contributed by atoms with Gasteiger partial charge in [-0.2, -0.15) is 0 Å². The topological polar surface area (TPSA) is 17.1 Å². The van der Waals surface area contributed by atoms with E-state index < -0.39 is 0 Å². The monoisotopic (exact) mass is 170 g/mol. The molecule has 0 atom stereocenters. The highest BCUT2D eigenvalue weighted by atomic mass is 16.1. The highest BCUT2D eigenvalue weighted by molar-refractivity contribution is 6.09. The third kappa shape index (κ3) is 2.96. The van der Waals surface area contributed by atoms with Crippen LogP contribution in [0.25, 0.3) is 0 Å². The summed E-state index contributed by atoms with van der Waals surface area (Å²) in [6.07, 6.45) is 3.45. The first-order valence-electron chi connectivity index (χ1n) is 4.06. The van der Waals surface area contributed by atoms with Crippen LogP contribution in [0.5, 0.6) is 0 Å². The summed E-state index contributed by atoms with van der Waals surface area (Å²) >= 11 is 0. The number of benzene rings is 1. The van der Waals surface area contributed by atoms with Gasteiger partial charge in [0.15, 0.2) is 0 Å². The van der Waals surface area contributed by atoms with Crippen molar-refractivity contribution >= 4 is 5.78 Å². The number of allylic oxidation sites excluding steroid dienone is 2. The van der Waals surface area contributed by atoms with Crippen molar-refractivity contribution in [2.45, 2.75) is 6.92 Å². The summed E-state index contributed by atoms with van der Waals surface area (Å²) in [5.74, 6) is 5.04. The summed E-state index contributed by atoms with van der Waals surface area (Å²) in [6.45, 7) is 1.86. The quantitative estimate of drug-likeness (QED) is 0.359. The number of carbonyl (C=O) groups excluding carboxylic acids is 1. The number of carbonyl (C=O) groups is 1. The number of rotatable bonds is 1. The SMILES string of the molecule is C/C=C/C#CC(=O)c1ccccc1. The minimum absolute atomic E-state index is 0.140. The first kappa shape index (κ1) is 9.28. The number of hydrogen-bond donors (Lipinski definition) is 0. The fraction of sp³-hybridized carbons (Fsp3) is 0.0833. The molecule has 64 valence electrons. The molecule has 0 N–H and O–H groups in total. The van der Waals surface area contributed by atoms with E-state index in [-0.39, 0.29) is 5.78 Å². The maximum Gasteiger partial charge on any atom is 0.236 e. The molecule has 0 bridgehead atoms. The Labute approximate surface area is 78.1 Å². The Hall–Kier alpha value is -1.81. The minimum atomic E-state index is -0.140. The Balaban J connectivity index is 2.77. The van der Waals surface area contributed by atoms with Gasteiger partial charge in [-0.25, -0.2) is 0 Å². The second-order valence-corrected chi connectivity index (χ2v) is 2.46. The molecular weight excluding hydrogens is 160 g/mol. The smallest absolute Gasteiger partial charge is 0.236 e. The summed E-state index contributed by atoms with van der Waals surface area (Å²) in [4.78, 5) is 11.3. The van der Waals surface area contributed by atoms with E-state index in [1.165, 1.54) is 0 Å². The molecule has 1 nitrogen and oxygen atoms in total. The van der Waals surface area contributed by atoms with Crippen molar-refractivity contribution in [3.8, 4) is 11.8 Å². The molecule has 0 aromatic heterocycles. The molecule has 13 heavy (non-hydrogen) atoms. The lowest BCUT2D eigenvalue weighted by Gasteiger charge is -1.89. The van der Waals surface area contributed by atoms with Crippen molar-refractivity contribution in [2.24, 2.45) is 0 Å². The van der Waals surface area contributed by atoms with Gasteiger partial charge in [0.25, 0.3) is 0 Å². The van der Waals surface area contributed by atoms with Crippen LogP contribution in [-0.2, 0) is 0 Å². The molecular formula is C12H10O. The maximum atomic E-state index is 11.3. The largest absolute Gasteiger partial charge is 0.279 e. The molecule has 0 fully saturated rings. The van der Waals surface area contributed by atoms with Gasteiger partial charge in [0.1, 0.15) is 0 Å². The first-order valence-corrected chi connectivity index (χ1v) is 4.06. The van der Waals surface area contributed by atoms with E-state index in [0.29, 0.717) is 5.56 Å². The second kappa shape index (κ2) is 4.95. The van der Waals surface area contributed by atoms with Gasteiger partial charge in [-0.3, -0.25) is 4.79 Å². The standard InChI is InChI=1S/C12H10O/c1-2-3-5-10-12(13)11-8-6-4-7-9-11/h2-4,6-9H,1H3/b3-2+. The average Bonchev–Trinajstić information content (AvgIpc) is 2.19. The Morgan fingerprint density at radius 1 is 1.31 bits per heavy atom. The van der Waals surface area contributed by atoms with E-state index in [4.69, 9.17) is 0 Å². The molecule has 0 unspecified atom stereocenters. The van der Waals surface area contributed by atoms with E-state index in [9.17, 15) is 4.79 Å². The van der Waals surface area contributed by atoms with Crippen molar-refractivity contribution in [3.05, 3.63) is 48.0 Å². The van der Waals surface area contributed by atoms with Crippen LogP contribution in [0.4, 0.5) is 0 Å². The summed E-state index contributed by atoms with van der Waals surface area (Å²) in [5, 5.41) is 0. The van der Waals surface area contributed by atoms with E-state index in [1.54, 1.807) is 24.3 Å². The Bertz CT molecular complexity index is 363. The first-order chi connectivity index (χ1) is 6.34. The van der Waals surface area contributed by atoms with Crippen LogP contribution < -0.4 is 0 Å². The molecule has 1 aromatic carbocycles. The molecule has 0 radical (unpaired) electrons. The van der Waals surface area contributed by atoms with Crippen LogP contribution in [0, 0.1) is 11.8 Å². The molecule has 0 aliphatic carbocycles. The number of Topliss-reactive ketones (excluding diaryl/α,β-unsaturated/α-hetero) is 1. The predicted molar refractivity (Wildman–Crippen MR) is 53.4 cm³/mol.